The van der Waals surface area contributed by atoms with Crippen LogP contribution < -0.4 is 4.74 Å². The Labute approximate surface area is 157 Å². The molecule has 0 N–H and O–H groups in total. The summed E-state index contributed by atoms with van der Waals surface area (Å²) in [6.45, 7) is 3.88. The summed E-state index contributed by atoms with van der Waals surface area (Å²) >= 11 is 0. The molecule has 1 aliphatic rings. The molecule has 1 aliphatic heterocycles. The van der Waals surface area contributed by atoms with Gasteiger partial charge in [0.15, 0.2) is 21.5 Å². The smallest absolute Gasteiger partial charge is 0.175 e. The number of hydrogen-bond donors (Lipinski definition) is 0. The predicted octanol–water partition coefficient (Wildman–Crippen LogP) is 4.57. The predicted molar refractivity (Wildman–Crippen MR) is 97.1 cm³/mol. The molecule has 7 heteroatoms. The van der Waals surface area contributed by atoms with E-state index in [0.717, 1.165) is 24.0 Å². The van der Waals surface area contributed by atoms with E-state index in [1.54, 1.807) is 12.1 Å². The molecule has 0 amide bonds. The monoisotopic (exact) mass is 394 g/mol. The zero-order chi connectivity index (χ0) is 19.8. The normalized spacial score (nSPS) is 22.3. The summed E-state index contributed by atoms with van der Waals surface area (Å²) in [7, 11) is -3.30. The Kier molecular flexibility index (Phi) is 4.99. The van der Waals surface area contributed by atoms with Crippen molar-refractivity contribution in [3.05, 3.63) is 71.7 Å². The minimum atomic E-state index is -3.30. The molecular weight excluding hydrogens is 374 g/mol. The first-order chi connectivity index (χ1) is 12.6. The van der Waals surface area contributed by atoms with Gasteiger partial charge in [-0.3, -0.25) is 0 Å². The summed E-state index contributed by atoms with van der Waals surface area (Å²) in [5.74, 6) is -1.69. The molecule has 4 nitrogen and oxygen atoms in total. The van der Waals surface area contributed by atoms with Crippen molar-refractivity contribution in [2.75, 3.05) is 6.26 Å². The second-order valence-corrected chi connectivity index (χ2v) is 8.77. The maximum Gasteiger partial charge on any atom is 0.175 e. The minimum Gasteiger partial charge on any atom is -0.491 e. The largest absolute Gasteiger partial charge is 0.491 e. The molecule has 1 heterocycles. The molecule has 1 unspecified atom stereocenters. The fraction of sp³-hybridized carbons (Fsp3) is 0.300. The van der Waals surface area contributed by atoms with Gasteiger partial charge < -0.3 is 9.47 Å². The molecule has 3 rings (SSSR count). The Morgan fingerprint density at radius 2 is 1.78 bits per heavy atom. The molecule has 2 aromatic rings. The van der Waals surface area contributed by atoms with Gasteiger partial charge in [-0.05, 0) is 43.2 Å². The number of ether oxygens (including phenoxy) is 2. The third-order valence-corrected chi connectivity index (χ3v) is 5.94. The van der Waals surface area contributed by atoms with Crippen LogP contribution in [0.5, 0.6) is 5.75 Å². The van der Waals surface area contributed by atoms with Gasteiger partial charge in [-0.2, -0.15) is 0 Å². The molecule has 2 aromatic carbocycles. The van der Waals surface area contributed by atoms with E-state index >= 15 is 0 Å². The van der Waals surface area contributed by atoms with Gasteiger partial charge in [-0.15, -0.1) is 0 Å². The summed E-state index contributed by atoms with van der Waals surface area (Å²) in [5.41, 5.74) is 0.193. The minimum absolute atomic E-state index is 0.154. The van der Waals surface area contributed by atoms with E-state index in [4.69, 9.17) is 9.47 Å². The van der Waals surface area contributed by atoms with Crippen molar-refractivity contribution in [3.63, 3.8) is 0 Å². The second-order valence-electron chi connectivity index (χ2n) is 6.76. The van der Waals surface area contributed by atoms with E-state index in [1.165, 1.54) is 24.5 Å². The van der Waals surface area contributed by atoms with Gasteiger partial charge >= 0.3 is 0 Å². The first-order valence-electron chi connectivity index (χ1n) is 8.45. The molecule has 0 aliphatic carbocycles. The van der Waals surface area contributed by atoms with Crippen LogP contribution in [0.2, 0.25) is 0 Å². The average molecular weight is 394 g/mol. The Hall–Kier alpha value is -2.41. The van der Waals surface area contributed by atoms with Gasteiger partial charge in [0.2, 0.25) is 0 Å². The molecule has 144 valence electrons. The summed E-state index contributed by atoms with van der Waals surface area (Å²) in [5, 5.41) is 0. The molecule has 0 aromatic heterocycles. The SMILES string of the molecule is CC[C@@]1(C)OC=C(Oc2ccc(F)c(F)c2)C1c1ccc(S(C)(=O)=O)cc1. The van der Waals surface area contributed by atoms with Crippen LogP contribution in [0.25, 0.3) is 0 Å². The quantitative estimate of drug-likeness (QED) is 0.745. The maximum atomic E-state index is 13.5. The van der Waals surface area contributed by atoms with Crippen LogP contribution in [0.4, 0.5) is 8.78 Å². The van der Waals surface area contributed by atoms with E-state index in [-0.39, 0.29) is 16.6 Å². The standard InChI is InChI=1S/C20H20F2O4S/c1-4-20(2)19(13-5-8-15(9-6-13)27(3,23)24)18(12-25-20)26-14-7-10-16(21)17(22)11-14/h5-12,19H,4H2,1-3H3/t19?,20-/m1/s1. The highest BCUT2D eigenvalue weighted by Gasteiger charge is 2.44. The van der Waals surface area contributed by atoms with Crippen molar-refractivity contribution in [2.45, 2.75) is 36.7 Å². The van der Waals surface area contributed by atoms with Gasteiger partial charge in [0, 0.05) is 12.3 Å². The van der Waals surface area contributed by atoms with Crippen LogP contribution in [0.3, 0.4) is 0 Å². The number of halogens is 2. The van der Waals surface area contributed by atoms with E-state index in [0.29, 0.717) is 12.2 Å². The second kappa shape index (κ2) is 6.96. The van der Waals surface area contributed by atoms with Crippen LogP contribution in [-0.2, 0) is 14.6 Å². The van der Waals surface area contributed by atoms with Crippen LogP contribution in [0, 0.1) is 11.6 Å². The Morgan fingerprint density at radius 1 is 1.11 bits per heavy atom. The highest BCUT2D eigenvalue weighted by Crippen LogP contribution is 2.45. The molecule has 27 heavy (non-hydrogen) atoms. The number of hydrogen-bond acceptors (Lipinski definition) is 4. The van der Waals surface area contributed by atoms with E-state index in [1.807, 2.05) is 13.8 Å². The van der Waals surface area contributed by atoms with Gasteiger partial charge in [0.1, 0.15) is 23.4 Å². The van der Waals surface area contributed by atoms with Gasteiger partial charge in [-0.1, -0.05) is 19.1 Å². The van der Waals surface area contributed by atoms with Gasteiger partial charge in [-0.25, -0.2) is 17.2 Å². The lowest BCUT2D eigenvalue weighted by molar-refractivity contribution is 0.0428. The van der Waals surface area contributed by atoms with E-state index in [2.05, 4.69) is 0 Å². The molecular formula is C20H20F2O4S. The van der Waals surface area contributed by atoms with E-state index < -0.39 is 27.1 Å². The van der Waals surface area contributed by atoms with Crippen LogP contribution in [-0.4, -0.2) is 20.3 Å². The molecule has 0 spiro atoms. The third-order valence-electron chi connectivity index (χ3n) is 4.81. The topological polar surface area (TPSA) is 52.6 Å². The van der Waals surface area contributed by atoms with Crippen LogP contribution in [0.15, 0.2) is 59.4 Å². The highest BCUT2D eigenvalue weighted by atomic mass is 32.2. The lowest BCUT2D eigenvalue weighted by Gasteiger charge is -2.31. The molecule has 0 saturated carbocycles. The molecule has 0 saturated heterocycles. The maximum absolute atomic E-state index is 13.5. The summed E-state index contributed by atoms with van der Waals surface area (Å²) in [6.07, 6.45) is 3.28. The first-order valence-corrected chi connectivity index (χ1v) is 10.3. The summed E-state index contributed by atoms with van der Waals surface area (Å²) in [6, 6.07) is 9.81. The zero-order valence-electron chi connectivity index (χ0n) is 15.2. The number of rotatable bonds is 5. The van der Waals surface area contributed by atoms with Crippen LogP contribution >= 0.6 is 0 Å². The summed E-state index contributed by atoms with van der Waals surface area (Å²) < 4.78 is 61.6. The van der Waals surface area contributed by atoms with Crippen molar-refractivity contribution in [1.82, 2.24) is 0 Å². The molecule has 0 radical (unpaired) electrons. The van der Waals surface area contributed by atoms with Crippen molar-refractivity contribution in [2.24, 2.45) is 0 Å². The van der Waals surface area contributed by atoms with Crippen LogP contribution in [0.1, 0.15) is 31.7 Å². The Morgan fingerprint density at radius 3 is 2.33 bits per heavy atom. The van der Waals surface area contributed by atoms with Crippen molar-refractivity contribution < 1.29 is 26.7 Å². The Bertz CT molecular complexity index is 984. The first kappa shape index (κ1) is 19.4. The number of benzene rings is 2. The molecule has 2 atom stereocenters. The fourth-order valence-electron chi connectivity index (χ4n) is 3.10. The van der Waals surface area contributed by atoms with E-state index in [9.17, 15) is 17.2 Å². The fourth-order valence-corrected chi connectivity index (χ4v) is 3.73. The van der Waals surface area contributed by atoms with Crippen molar-refractivity contribution in [3.8, 4) is 5.75 Å². The highest BCUT2D eigenvalue weighted by molar-refractivity contribution is 7.90. The lowest BCUT2D eigenvalue weighted by atomic mass is 9.81. The van der Waals surface area contributed by atoms with Crippen molar-refractivity contribution in [1.29, 1.82) is 0 Å². The number of sulfone groups is 1. The van der Waals surface area contributed by atoms with Crippen molar-refractivity contribution >= 4 is 9.84 Å². The Balaban J connectivity index is 1.95. The third kappa shape index (κ3) is 3.83. The van der Waals surface area contributed by atoms with Gasteiger partial charge in [0.05, 0.1) is 10.8 Å². The summed E-state index contributed by atoms with van der Waals surface area (Å²) in [4.78, 5) is 0.218. The lowest BCUT2D eigenvalue weighted by Crippen LogP contribution is -2.31. The zero-order valence-corrected chi connectivity index (χ0v) is 16.0. The molecule has 0 bridgehead atoms. The average Bonchev–Trinajstić information content (AvgIpc) is 2.94. The molecule has 0 fully saturated rings. The van der Waals surface area contributed by atoms with Gasteiger partial charge in [0.25, 0.3) is 0 Å².